The van der Waals surface area contributed by atoms with E-state index in [1.807, 2.05) is 13.0 Å². The van der Waals surface area contributed by atoms with Gasteiger partial charge in [0.2, 0.25) is 5.91 Å². The van der Waals surface area contributed by atoms with Gasteiger partial charge in [-0.15, -0.1) is 0 Å². The molecular weight excluding hydrogens is 566 g/mol. The van der Waals surface area contributed by atoms with Gasteiger partial charge < -0.3 is 36.0 Å². The predicted octanol–water partition coefficient (Wildman–Crippen LogP) is 2.54. The molecule has 2 aromatic rings. The molecule has 0 aliphatic heterocycles. The number of aliphatic hydroxyl groups is 3. The lowest BCUT2D eigenvalue weighted by atomic mass is 9.39. The maximum Gasteiger partial charge on any atom is 0.230 e. The molecule has 0 bridgehead atoms. The van der Waals surface area contributed by atoms with Crippen molar-refractivity contribution in [2.24, 2.45) is 40.2 Å². The molecule has 44 heavy (non-hydrogen) atoms. The molecule has 7 N–H and O–H groups in total. The number of phenolic OH excluding ortho intramolecular Hbond substituents is 2. The molecule has 2 fully saturated rings. The van der Waals surface area contributed by atoms with Crippen LogP contribution < -0.4 is 10.5 Å². The second-order valence-electron chi connectivity index (χ2n) is 13.6. The first-order chi connectivity index (χ1) is 20.5. The number of methoxy groups -OCH3 is 1. The molecule has 2 saturated carbocycles. The van der Waals surface area contributed by atoms with Gasteiger partial charge in [-0.05, 0) is 59.8 Å². The quantitative estimate of drug-likeness (QED) is 0.268. The van der Waals surface area contributed by atoms with Crippen molar-refractivity contribution in [3.63, 3.8) is 0 Å². The van der Waals surface area contributed by atoms with Crippen molar-refractivity contribution >= 4 is 23.5 Å². The molecule has 0 heterocycles. The molecule has 10 nitrogen and oxygen atoms in total. The lowest BCUT2D eigenvalue weighted by molar-refractivity contribution is -0.265. The van der Waals surface area contributed by atoms with Gasteiger partial charge in [0.05, 0.1) is 24.7 Å². The number of aliphatic hydroxyl groups excluding tert-OH is 2. The number of aromatic hydroxyl groups is 2. The van der Waals surface area contributed by atoms with Crippen LogP contribution in [0.4, 0.5) is 0 Å². The fourth-order valence-electron chi connectivity index (χ4n) is 8.92. The summed E-state index contributed by atoms with van der Waals surface area (Å²) >= 11 is 0. The molecule has 0 radical (unpaired) electrons. The molecular formula is C34H41NO9. The SMILES string of the molecule is COc1cccc(C/C=C\c2ccc(O)c3c2C[C@]2(C)C[C@]4(C)[C@@H](C(C)C)C(O)C(C(N)=O)C(=O)[C@]4(O)C(O)C2C3=O)c1O. The van der Waals surface area contributed by atoms with E-state index < -0.39 is 63.9 Å². The van der Waals surface area contributed by atoms with Gasteiger partial charge in [-0.1, -0.05) is 58.0 Å². The topological polar surface area (TPSA) is 188 Å². The van der Waals surface area contributed by atoms with Crippen molar-refractivity contribution in [3.8, 4) is 17.2 Å². The van der Waals surface area contributed by atoms with Crippen LogP contribution in [0.3, 0.4) is 0 Å². The normalized spacial score (nSPS) is 34.9. The van der Waals surface area contributed by atoms with E-state index in [0.29, 0.717) is 28.9 Å². The minimum Gasteiger partial charge on any atom is -0.507 e. The van der Waals surface area contributed by atoms with Crippen molar-refractivity contribution in [3.05, 3.63) is 58.7 Å². The van der Waals surface area contributed by atoms with E-state index in [2.05, 4.69) is 0 Å². The molecule has 5 rings (SSSR count). The fraction of sp³-hybridized carbons (Fsp3) is 0.500. The van der Waals surface area contributed by atoms with Crippen LogP contribution in [0.1, 0.15) is 61.2 Å². The maximum absolute atomic E-state index is 14.2. The van der Waals surface area contributed by atoms with E-state index in [9.17, 15) is 39.9 Å². The number of Topliss-reactive ketones (excluding diaryl/α,β-unsaturated/α-hetero) is 2. The van der Waals surface area contributed by atoms with Crippen molar-refractivity contribution in [1.29, 1.82) is 0 Å². The Morgan fingerprint density at radius 2 is 1.82 bits per heavy atom. The Morgan fingerprint density at radius 1 is 1.14 bits per heavy atom. The molecule has 236 valence electrons. The third-order valence-corrected chi connectivity index (χ3v) is 10.6. The van der Waals surface area contributed by atoms with E-state index in [1.54, 1.807) is 51.1 Å². The number of fused-ring (bicyclic) bond motifs is 3. The largest absolute Gasteiger partial charge is 0.507 e. The highest BCUT2D eigenvalue weighted by atomic mass is 16.5. The van der Waals surface area contributed by atoms with E-state index in [-0.39, 0.29) is 35.8 Å². The Balaban J connectivity index is 1.60. The highest BCUT2D eigenvalue weighted by molar-refractivity contribution is 6.09. The Hall–Kier alpha value is -3.73. The smallest absolute Gasteiger partial charge is 0.230 e. The number of carbonyl (C=O) groups excluding carboxylic acids is 3. The van der Waals surface area contributed by atoms with Crippen LogP contribution in [0.2, 0.25) is 0 Å². The van der Waals surface area contributed by atoms with Crippen LogP contribution in [-0.2, 0) is 22.4 Å². The monoisotopic (exact) mass is 607 g/mol. The van der Waals surface area contributed by atoms with Gasteiger partial charge in [-0.3, -0.25) is 14.4 Å². The summed E-state index contributed by atoms with van der Waals surface area (Å²) in [5.74, 6) is -6.91. The molecule has 2 aromatic carbocycles. The lowest BCUT2D eigenvalue weighted by Crippen LogP contribution is -2.79. The lowest BCUT2D eigenvalue weighted by Gasteiger charge is -2.66. The predicted molar refractivity (Wildman–Crippen MR) is 161 cm³/mol. The molecule has 3 aliphatic carbocycles. The van der Waals surface area contributed by atoms with Crippen LogP contribution in [0.15, 0.2) is 36.4 Å². The number of rotatable bonds is 6. The van der Waals surface area contributed by atoms with Crippen LogP contribution in [0, 0.1) is 34.5 Å². The summed E-state index contributed by atoms with van der Waals surface area (Å²) in [4.78, 5) is 40.4. The first-order valence-corrected chi connectivity index (χ1v) is 14.9. The van der Waals surface area contributed by atoms with E-state index in [1.165, 1.54) is 13.2 Å². The number of amides is 1. The number of hydrogen-bond acceptors (Lipinski definition) is 9. The van der Waals surface area contributed by atoms with E-state index in [0.717, 1.165) is 0 Å². The average Bonchev–Trinajstić information content (AvgIpc) is 2.92. The number of nitrogens with two attached hydrogens (primary N) is 1. The summed E-state index contributed by atoms with van der Waals surface area (Å²) in [6.45, 7) is 7.05. The van der Waals surface area contributed by atoms with Crippen LogP contribution in [-0.4, -0.2) is 67.9 Å². The van der Waals surface area contributed by atoms with Crippen LogP contribution in [0.5, 0.6) is 17.2 Å². The Kier molecular flexibility index (Phi) is 7.72. The fourth-order valence-corrected chi connectivity index (χ4v) is 8.92. The van der Waals surface area contributed by atoms with Gasteiger partial charge in [-0.2, -0.15) is 0 Å². The summed E-state index contributed by atoms with van der Waals surface area (Å²) in [6.07, 6.45) is 0.849. The molecule has 0 spiro atoms. The summed E-state index contributed by atoms with van der Waals surface area (Å²) in [7, 11) is 1.47. The number of phenols is 2. The molecule has 8 atom stereocenters. The van der Waals surface area contributed by atoms with Gasteiger partial charge in [0, 0.05) is 11.0 Å². The summed E-state index contributed by atoms with van der Waals surface area (Å²) in [5.41, 5.74) is 2.39. The van der Waals surface area contributed by atoms with E-state index in [4.69, 9.17) is 10.5 Å². The molecule has 0 saturated heterocycles. The summed E-state index contributed by atoms with van der Waals surface area (Å²) < 4.78 is 5.19. The van der Waals surface area contributed by atoms with Crippen molar-refractivity contribution in [1.82, 2.24) is 0 Å². The van der Waals surface area contributed by atoms with Crippen LogP contribution in [0.25, 0.3) is 6.08 Å². The molecule has 0 aromatic heterocycles. The first-order valence-electron chi connectivity index (χ1n) is 14.9. The highest BCUT2D eigenvalue weighted by Crippen LogP contribution is 2.65. The van der Waals surface area contributed by atoms with Crippen molar-refractivity contribution < 1.29 is 44.7 Å². The number of carbonyl (C=O) groups is 3. The summed E-state index contributed by atoms with van der Waals surface area (Å²) in [6, 6.07) is 8.26. The third kappa shape index (κ3) is 4.29. The van der Waals surface area contributed by atoms with E-state index >= 15 is 0 Å². The third-order valence-electron chi connectivity index (χ3n) is 10.6. The van der Waals surface area contributed by atoms with Gasteiger partial charge in [0.15, 0.2) is 28.7 Å². The first kappa shape index (κ1) is 31.7. The Labute approximate surface area is 256 Å². The number of allylic oxidation sites excluding steroid dienone is 1. The number of para-hydroxylation sites is 1. The zero-order valence-electron chi connectivity index (χ0n) is 25.6. The minimum absolute atomic E-state index is 0.000240. The molecule has 1 amide bonds. The van der Waals surface area contributed by atoms with Crippen LogP contribution >= 0.6 is 0 Å². The van der Waals surface area contributed by atoms with Crippen molar-refractivity contribution in [2.45, 2.75) is 64.8 Å². The Bertz CT molecular complexity index is 1570. The zero-order chi connectivity index (χ0) is 32.5. The second kappa shape index (κ2) is 10.7. The highest BCUT2D eigenvalue weighted by Gasteiger charge is 2.75. The molecule has 4 unspecified atom stereocenters. The number of ether oxygens (including phenoxy) is 1. The number of primary amides is 1. The van der Waals surface area contributed by atoms with Gasteiger partial charge in [-0.25, -0.2) is 0 Å². The number of hydrogen-bond donors (Lipinski definition) is 6. The number of ketones is 2. The molecule has 10 heteroatoms. The Morgan fingerprint density at radius 3 is 2.43 bits per heavy atom. The summed E-state index contributed by atoms with van der Waals surface area (Å²) in [5, 5.41) is 56.7. The average molecular weight is 608 g/mol. The van der Waals surface area contributed by atoms with Crippen molar-refractivity contribution in [2.75, 3.05) is 7.11 Å². The maximum atomic E-state index is 14.2. The zero-order valence-corrected chi connectivity index (χ0v) is 25.6. The van der Waals surface area contributed by atoms with Gasteiger partial charge in [0.25, 0.3) is 0 Å². The molecule has 3 aliphatic rings. The number of benzene rings is 2. The minimum atomic E-state index is -2.55. The van der Waals surface area contributed by atoms with Gasteiger partial charge >= 0.3 is 0 Å². The second-order valence-corrected chi connectivity index (χ2v) is 13.6. The standard InChI is InChI=1S/C34H41NO9/c1-16(2)24-28(39)23(31(35)42)29(40)34(43)30(41)25-27(38)22-19(14-32(25,3)15-33(24,34)4)17(12-13-20(22)36)8-6-9-18-10-7-11-21(44-5)26(18)37/h6-8,10-13,16,23-25,28,30,36-37,39,41,43H,9,14-15H2,1-5H3,(H2,35,42)/b8-6-/t23?,24-,25?,28?,30?,32+,33+,34-/m0/s1. The van der Waals surface area contributed by atoms with Gasteiger partial charge in [0.1, 0.15) is 17.8 Å².